The van der Waals surface area contributed by atoms with E-state index in [4.69, 9.17) is 9.47 Å². The van der Waals surface area contributed by atoms with Crippen molar-refractivity contribution in [3.8, 4) is 28.1 Å². The quantitative estimate of drug-likeness (QED) is 0.307. The van der Waals surface area contributed by atoms with E-state index in [1.807, 2.05) is 6.07 Å². The first-order valence-corrected chi connectivity index (χ1v) is 15.4. The molecule has 0 radical (unpaired) electrons. The Morgan fingerprint density at radius 2 is 1.98 bits per heavy atom. The summed E-state index contributed by atoms with van der Waals surface area (Å²) < 4.78 is 39.5. The number of amides is 2. The van der Waals surface area contributed by atoms with Crippen LogP contribution < -0.4 is 14.5 Å². The number of anilines is 2. The molecule has 1 aliphatic carbocycles. The van der Waals surface area contributed by atoms with Crippen molar-refractivity contribution < 1.29 is 37.7 Å². The molecule has 3 aromatic rings. The second-order valence-electron chi connectivity index (χ2n) is 11.4. The van der Waals surface area contributed by atoms with Gasteiger partial charge >= 0.3 is 5.97 Å². The third-order valence-corrected chi connectivity index (χ3v) is 9.26. The molecule has 1 aromatic carbocycles. The predicted molar refractivity (Wildman–Crippen MR) is 159 cm³/mol. The Hall–Kier alpha value is -3.97. The minimum absolute atomic E-state index is 0.0457. The molecule has 1 saturated carbocycles. The van der Waals surface area contributed by atoms with Gasteiger partial charge in [-0.2, -0.15) is 4.39 Å². The molecular formula is C31H32F2N4O6S. The van der Waals surface area contributed by atoms with Crippen molar-refractivity contribution in [1.29, 1.82) is 0 Å². The average molecular weight is 627 g/mol. The number of thiazole rings is 1. The van der Waals surface area contributed by atoms with E-state index in [9.17, 15) is 23.9 Å². The lowest BCUT2D eigenvalue weighted by molar-refractivity contribution is -0.141. The van der Waals surface area contributed by atoms with Gasteiger partial charge in [0.2, 0.25) is 23.8 Å². The van der Waals surface area contributed by atoms with Crippen LogP contribution in [0.3, 0.4) is 0 Å². The fourth-order valence-corrected chi connectivity index (χ4v) is 6.88. The number of likely N-dealkylation sites (N-methyl/N-ethyl adjacent to an activating group) is 1. The number of carbonyl (C=O) groups excluding carboxylic acids is 2. The van der Waals surface area contributed by atoms with Gasteiger partial charge in [-0.3, -0.25) is 24.2 Å². The number of fused-ring (bicyclic) bond motifs is 1. The number of carbonyl (C=O) groups is 3. The molecule has 3 aliphatic rings. The van der Waals surface area contributed by atoms with Crippen LogP contribution in [0.2, 0.25) is 0 Å². The summed E-state index contributed by atoms with van der Waals surface area (Å²) in [5.41, 5.74) is 2.13. The van der Waals surface area contributed by atoms with Crippen LogP contribution >= 0.6 is 11.3 Å². The number of nitrogens with zero attached hydrogens (tertiary/aromatic N) is 4. The second-order valence-corrected chi connectivity index (χ2v) is 12.4. The maximum Gasteiger partial charge on any atom is 0.304 e. The summed E-state index contributed by atoms with van der Waals surface area (Å²) in [6, 6.07) is 6.33. The summed E-state index contributed by atoms with van der Waals surface area (Å²) in [5.74, 6) is -1.42. The Morgan fingerprint density at radius 3 is 2.68 bits per heavy atom. The number of ether oxygens (including phenoxy) is 2. The molecule has 1 saturated heterocycles. The summed E-state index contributed by atoms with van der Waals surface area (Å²) in [7, 11) is 1.65. The number of carboxylic acid groups (broad SMARTS) is 1. The lowest BCUT2D eigenvalue weighted by atomic mass is 9.86. The minimum atomic E-state index is -1.08. The van der Waals surface area contributed by atoms with Gasteiger partial charge in [0.05, 0.1) is 12.8 Å². The number of rotatable bonds is 11. The average Bonchev–Trinajstić information content (AvgIpc) is 3.70. The highest BCUT2D eigenvalue weighted by molar-refractivity contribution is 7.14. The number of carboxylic acids is 1. The van der Waals surface area contributed by atoms with Crippen molar-refractivity contribution in [3.05, 3.63) is 41.2 Å². The zero-order chi connectivity index (χ0) is 31.0. The Balaban J connectivity index is 1.37. The highest BCUT2D eigenvalue weighted by Gasteiger charge is 2.40. The molecule has 1 atom stereocenters. The van der Waals surface area contributed by atoms with Crippen LogP contribution in [0.1, 0.15) is 44.1 Å². The molecule has 2 fully saturated rings. The summed E-state index contributed by atoms with van der Waals surface area (Å²) >= 11 is 0.718. The smallest absolute Gasteiger partial charge is 0.304 e. The maximum absolute atomic E-state index is 15.9. The molecule has 0 spiro atoms. The molecule has 2 amide bonds. The van der Waals surface area contributed by atoms with Crippen LogP contribution in [-0.4, -0.2) is 66.0 Å². The number of benzene rings is 1. The van der Waals surface area contributed by atoms with Gasteiger partial charge in [0.1, 0.15) is 17.3 Å². The highest BCUT2D eigenvalue weighted by Crippen LogP contribution is 2.43. The Bertz CT molecular complexity index is 1590. The van der Waals surface area contributed by atoms with Crippen molar-refractivity contribution in [2.75, 3.05) is 36.9 Å². The first kappa shape index (κ1) is 30.1. The SMILES string of the molecule is CN1C(=O)Cc2cc(-c3ccc(OCF)cc3-c3nc(N(C(=O)[C@@H](CC(=O)O)CC4CCOCC4)C4CC4)sc3F)cnc21. The van der Waals surface area contributed by atoms with Gasteiger partial charge in [-0.15, -0.1) is 0 Å². The molecule has 1 N–H and O–H groups in total. The van der Waals surface area contributed by atoms with Crippen LogP contribution in [0.5, 0.6) is 5.75 Å². The van der Waals surface area contributed by atoms with E-state index < -0.39 is 23.9 Å². The third kappa shape index (κ3) is 6.16. The number of hydrogen-bond acceptors (Lipinski definition) is 8. The predicted octanol–water partition coefficient (Wildman–Crippen LogP) is 5.24. The zero-order valence-electron chi connectivity index (χ0n) is 24.1. The lowest BCUT2D eigenvalue weighted by Crippen LogP contribution is -2.40. The van der Waals surface area contributed by atoms with Crippen molar-refractivity contribution in [1.82, 2.24) is 9.97 Å². The standard InChI is InChI=1S/C31H32F2N4O6S/c1-36-25(38)12-18-11-20(15-34-29(18)36)23-5-4-22(43-16-32)14-24(23)27-28(33)44-31(35-27)37(21-2-3-21)30(41)19(13-26(39)40)10-17-6-8-42-9-7-17/h4-5,11,14-15,17,19,21H,2-3,6-10,12-13,16H2,1H3,(H,39,40)/t19-/m1/s1. The van der Waals surface area contributed by atoms with E-state index in [2.05, 4.69) is 9.97 Å². The van der Waals surface area contributed by atoms with Crippen LogP contribution in [0.25, 0.3) is 22.4 Å². The number of halogens is 2. The monoisotopic (exact) mass is 626 g/mol. The number of aliphatic carboxylic acids is 1. The molecule has 2 aromatic heterocycles. The number of hydrogen-bond donors (Lipinski definition) is 1. The van der Waals surface area contributed by atoms with E-state index in [0.29, 0.717) is 55.0 Å². The highest BCUT2D eigenvalue weighted by atomic mass is 32.1. The number of alkyl halides is 1. The van der Waals surface area contributed by atoms with Crippen LogP contribution in [0.4, 0.5) is 19.7 Å². The molecule has 0 unspecified atom stereocenters. The number of aromatic nitrogens is 2. The van der Waals surface area contributed by atoms with E-state index in [1.54, 1.807) is 25.4 Å². The van der Waals surface area contributed by atoms with Crippen molar-refractivity contribution in [2.24, 2.45) is 11.8 Å². The maximum atomic E-state index is 15.9. The van der Waals surface area contributed by atoms with Crippen LogP contribution in [-0.2, 0) is 25.5 Å². The zero-order valence-corrected chi connectivity index (χ0v) is 24.9. The van der Waals surface area contributed by atoms with Gasteiger partial charge in [-0.05, 0) is 67.9 Å². The topological polar surface area (TPSA) is 122 Å². The largest absolute Gasteiger partial charge is 0.481 e. The van der Waals surface area contributed by atoms with E-state index >= 15 is 4.39 Å². The molecule has 6 rings (SSSR count). The molecule has 4 heterocycles. The van der Waals surface area contributed by atoms with E-state index in [-0.39, 0.29) is 53.2 Å². The molecule has 2 aliphatic heterocycles. The molecule has 13 heteroatoms. The van der Waals surface area contributed by atoms with Crippen molar-refractivity contribution in [3.63, 3.8) is 0 Å². The summed E-state index contributed by atoms with van der Waals surface area (Å²) in [4.78, 5) is 50.0. The molecule has 44 heavy (non-hydrogen) atoms. The Kier molecular flexibility index (Phi) is 8.59. The molecule has 232 valence electrons. The van der Waals surface area contributed by atoms with Crippen molar-refractivity contribution in [2.45, 2.75) is 51.0 Å². The summed E-state index contributed by atoms with van der Waals surface area (Å²) in [5, 5.41) is 9.12. The molecule has 0 bridgehead atoms. The van der Waals surface area contributed by atoms with Gasteiger partial charge in [0.15, 0.2) is 5.13 Å². The fourth-order valence-electron chi connectivity index (χ4n) is 5.99. The first-order valence-electron chi connectivity index (χ1n) is 14.6. The lowest BCUT2D eigenvalue weighted by Gasteiger charge is -2.29. The van der Waals surface area contributed by atoms with Gasteiger partial charge in [-0.25, -0.2) is 14.4 Å². The van der Waals surface area contributed by atoms with Crippen LogP contribution in [0, 0.1) is 17.0 Å². The van der Waals surface area contributed by atoms with Gasteiger partial charge in [0, 0.05) is 55.1 Å². The minimum Gasteiger partial charge on any atom is -0.481 e. The normalized spacial score (nSPS) is 17.4. The van der Waals surface area contributed by atoms with Gasteiger partial charge in [0.25, 0.3) is 0 Å². The molecule has 10 nitrogen and oxygen atoms in total. The van der Waals surface area contributed by atoms with Crippen LogP contribution in [0.15, 0.2) is 30.5 Å². The third-order valence-electron chi connectivity index (χ3n) is 8.41. The van der Waals surface area contributed by atoms with E-state index in [1.165, 1.54) is 15.9 Å². The molecular weight excluding hydrogens is 594 g/mol. The van der Waals surface area contributed by atoms with Gasteiger partial charge < -0.3 is 14.6 Å². The van der Waals surface area contributed by atoms with Crippen molar-refractivity contribution >= 4 is 40.1 Å². The number of pyridine rings is 1. The second kappa shape index (κ2) is 12.6. The fraction of sp³-hybridized carbons (Fsp3) is 0.452. The van der Waals surface area contributed by atoms with E-state index in [0.717, 1.165) is 29.7 Å². The Morgan fingerprint density at radius 1 is 1.20 bits per heavy atom. The first-order chi connectivity index (χ1) is 21.2. The summed E-state index contributed by atoms with van der Waals surface area (Å²) in [6.45, 7) is 0.0685. The Labute approximate surface area is 256 Å². The van der Waals surface area contributed by atoms with Gasteiger partial charge in [-0.1, -0.05) is 11.3 Å². The summed E-state index contributed by atoms with van der Waals surface area (Å²) in [6.07, 6.45) is 4.78.